The molecule has 0 aliphatic heterocycles. The van der Waals surface area contributed by atoms with Crippen LogP contribution in [0.2, 0.25) is 0 Å². The third-order valence-corrected chi connectivity index (χ3v) is 4.38. The number of carbonyl (C=O) groups is 1. The van der Waals surface area contributed by atoms with Gasteiger partial charge in [0.25, 0.3) is 0 Å². The fourth-order valence-corrected chi connectivity index (χ4v) is 2.86. The summed E-state index contributed by atoms with van der Waals surface area (Å²) in [6.07, 6.45) is 21.1. The molecule has 5 nitrogen and oxygen atoms in total. The van der Waals surface area contributed by atoms with Gasteiger partial charge in [0.05, 0.1) is 13.7 Å². The van der Waals surface area contributed by atoms with Crippen molar-refractivity contribution < 1.29 is 14.3 Å². The van der Waals surface area contributed by atoms with Crippen LogP contribution in [0.15, 0.2) is 0 Å². The van der Waals surface area contributed by atoms with Gasteiger partial charge in [0.2, 0.25) is 0 Å². The minimum Gasteiger partial charge on any atom is -0.438 e. The maximum absolute atomic E-state index is 10.7. The van der Waals surface area contributed by atoms with E-state index in [2.05, 4.69) is 11.7 Å². The average molecular weight is 405 g/mol. The Morgan fingerprint density at radius 3 is 1.21 bits per heavy atom. The van der Waals surface area contributed by atoms with Crippen LogP contribution in [-0.4, -0.2) is 45.9 Å². The van der Waals surface area contributed by atoms with Crippen LogP contribution in [0.25, 0.3) is 0 Å². The van der Waals surface area contributed by atoms with Gasteiger partial charge < -0.3 is 20.5 Å². The fraction of sp³-hybridized carbons (Fsp3) is 0.957. The maximum atomic E-state index is 10.7. The molecule has 0 rings (SSSR count). The molecule has 172 valence electrons. The van der Waals surface area contributed by atoms with E-state index in [1.54, 1.807) is 0 Å². The van der Waals surface area contributed by atoms with Gasteiger partial charge in [-0.3, -0.25) is 0 Å². The van der Waals surface area contributed by atoms with Crippen molar-refractivity contribution in [3.8, 4) is 0 Å². The summed E-state index contributed by atoms with van der Waals surface area (Å²) in [6.45, 7) is 2.77. The van der Waals surface area contributed by atoms with Crippen molar-refractivity contribution in [3.05, 3.63) is 0 Å². The highest BCUT2D eigenvalue weighted by Crippen LogP contribution is 2.13. The largest absolute Gasteiger partial charge is 0.507 e. The number of hydrogen-bond donors (Lipinski definition) is 1. The van der Waals surface area contributed by atoms with Crippen molar-refractivity contribution >= 4 is 6.16 Å². The third kappa shape index (κ3) is 36.2. The smallest absolute Gasteiger partial charge is 0.438 e. The van der Waals surface area contributed by atoms with E-state index in [-0.39, 0.29) is 6.15 Å². The van der Waals surface area contributed by atoms with Crippen molar-refractivity contribution in [2.24, 2.45) is 0 Å². The predicted octanol–water partition coefficient (Wildman–Crippen LogP) is 7.37. The van der Waals surface area contributed by atoms with E-state index in [1.807, 2.05) is 26.0 Å². The van der Waals surface area contributed by atoms with Gasteiger partial charge >= 0.3 is 6.16 Å². The fourth-order valence-electron chi connectivity index (χ4n) is 2.86. The van der Waals surface area contributed by atoms with Gasteiger partial charge in [0.1, 0.15) is 0 Å². The number of unbranched alkanes of at least 4 members (excludes halogenated alkanes) is 15. The summed E-state index contributed by atoms with van der Waals surface area (Å²) in [7, 11) is 7.34. The van der Waals surface area contributed by atoms with Crippen molar-refractivity contribution in [1.82, 2.24) is 11.1 Å². The summed E-state index contributed by atoms with van der Waals surface area (Å²) >= 11 is 0. The van der Waals surface area contributed by atoms with E-state index in [9.17, 15) is 4.79 Å². The molecule has 0 bridgehead atoms. The molecule has 0 saturated carbocycles. The highest BCUT2D eigenvalue weighted by Gasteiger charge is 1.99. The lowest BCUT2D eigenvalue weighted by atomic mass is 10.0. The second kappa shape index (κ2) is 28.4. The lowest BCUT2D eigenvalue weighted by molar-refractivity contribution is 0.0713. The predicted molar refractivity (Wildman–Crippen MR) is 123 cm³/mol. The zero-order valence-electron chi connectivity index (χ0n) is 19.9. The topological polar surface area (TPSA) is 73.8 Å². The Morgan fingerprint density at radius 1 is 0.643 bits per heavy atom. The van der Waals surface area contributed by atoms with E-state index in [0.29, 0.717) is 6.61 Å². The summed E-state index contributed by atoms with van der Waals surface area (Å²) in [4.78, 5) is 12.7. The Kier molecular flexibility index (Phi) is 32.3. The van der Waals surface area contributed by atoms with Crippen LogP contribution in [0.3, 0.4) is 0 Å². The zero-order chi connectivity index (χ0) is 20.6. The second-order valence-electron chi connectivity index (χ2n) is 7.95. The number of ether oxygens (including phenoxy) is 2. The van der Waals surface area contributed by atoms with Crippen LogP contribution in [-0.2, 0) is 9.47 Å². The molecule has 0 aromatic carbocycles. The zero-order valence-corrected chi connectivity index (χ0v) is 19.9. The minimum atomic E-state index is -0.564. The molecule has 3 N–H and O–H groups in total. The molecule has 0 aromatic rings. The van der Waals surface area contributed by atoms with E-state index in [1.165, 1.54) is 97.0 Å². The number of nitrogens with zero attached hydrogens (tertiary/aromatic N) is 1. The van der Waals surface area contributed by atoms with Crippen LogP contribution in [0.4, 0.5) is 4.79 Å². The Hall–Kier alpha value is -0.810. The van der Waals surface area contributed by atoms with Crippen LogP contribution in [0.5, 0.6) is 0 Å². The lowest BCUT2D eigenvalue weighted by Crippen LogP contribution is -2.05. The molecular weight excluding hydrogens is 352 g/mol. The van der Waals surface area contributed by atoms with Crippen molar-refractivity contribution in [3.63, 3.8) is 0 Å². The van der Waals surface area contributed by atoms with Gasteiger partial charge in [-0.05, 0) is 27.6 Å². The Bertz CT molecular complexity index is 284. The summed E-state index contributed by atoms with van der Waals surface area (Å²) in [5.74, 6) is 0. The first-order valence-electron chi connectivity index (χ1n) is 11.4. The standard InChI is InChI=1S/C20H40O3.C3H9N.H3N/c1-3-4-5-6-7-8-9-10-11-12-13-14-15-16-17-18-19-23-20(21)22-2;1-4(2)3;/h3-19H2,1-2H3;1-3H3;1H3. The molecule has 0 amide bonds. The number of methoxy groups -OCH3 is 1. The van der Waals surface area contributed by atoms with E-state index in [4.69, 9.17) is 4.74 Å². The Morgan fingerprint density at radius 2 is 0.929 bits per heavy atom. The number of carbonyl (C=O) groups excluding carboxylic acids is 1. The maximum Gasteiger partial charge on any atom is 0.507 e. The van der Waals surface area contributed by atoms with Crippen LogP contribution in [0, 0.1) is 0 Å². The van der Waals surface area contributed by atoms with Gasteiger partial charge in [0.15, 0.2) is 0 Å². The van der Waals surface area contributed by atoms with Crippen molar-refractivity contribution in [1.29, 1.82) is 0 Å². The van der Waals surface area contributed by atoms with Crippen LogP contribution >= 0.6 is 0 Å². The first-order chi connectivity index (χ1) is 13.0. The van der Waals surface area contributed by atoms with E-state index >= 15 is 0 Å². The molecule has 5 heteroatoms. The molecule has 0 aliphatic rings. The first-order valence-corrected chi connectivity index (χ1v) is 11.4. The molecule has 0 radical (unpaired) electrons. The van der Waals surface area contributed by atoms with Gasteiger partial charge in [-0.15, -0.1) is 0 Å². The Labute approximate surface area is 176 Å². The van der Waals surface area contributed by atoms with Gasteiger partial charge in [-0.2, -0.15) is 0 Å². The molecule has 0 aromatic heterocycles. The summed E-state index contributed by atoms with van der Waals surface area (Å²) in [6, 6.07) is 0. The summed E-state index contributed by atoms with van der Waals surface area (Å²) in [5.41, 5.74) is 0. The lowest BCUT2D eigenvalue weighted by Gasteiger charge is -2.04. The molecule has 0 atom stereocenters. The number of hydrogen-bond acceptors (Lipinski definition) is 5. The van der Waals surface area contributed by atoms with Crippen molar-refractivity contribution in [2.75, 3.05) is 34.9 Å². The van der Waals surface area contributed by atoms with Gasteiger partial charge in [-0.25, -0.2) is 4.79 Å². The number of rotatable bonds is 17. The normalized spacial score (nSPS) is 10.1. The SMILES string of the molecule is CCCCCCCCCCCCCCCCCCOC(=O)OC.CN(C)C.N. The highest BCUT2D eigenvalue weighted by molar-refractivity contribution is 5.59. The van der Waals surface area contributed by atoms with Crippen molar-refractivity contribution in [2.45, 2.75) is 110 Å². The quantitative estimate of drug-likeness (QED) is 0.202. The summed E-state index contributed by atoms with van der Waals surface area (Å²) < 4.78 is 9.27. The van der Waals surface area contributed by atoms with Crippen LogP contribution in [0.1, 0.15) is 110 Å². The molecule has 0 saturated heterocycles. The van der Waals surface area contributed by atoms with E-state index in [0.717, 1.165) is 12.8 Å². The van der Waals surface area contributed by atoms with Crippen LogP contribution < -0.4 is 6.15 Å². The average Bonchev–Trinajstić information content (AvgIpc) is 2.63. The second-order valence-corrected chi connectivity index (χ2v) is 7.95. The molecule has 0 aliphatic carbocycles. The first kappa shape index (κ1) is 31.9. The molecule has 0 fully saturated rings. The van der Waals surface area contributed by atoms with E-state index < -0.39 is 6.16 Å². The molecule has 0 spiro atoms. The third-order valence-electron chi connectivity index (χ3n) is 4.38. The van der Waals surface area contributed by atoms with Gasteiger partial charge in [-0.1, -0.05) is 103 Å². The molecule has 0 unspecified atom stereocenters. The minimum absolute atomic E-state index is 0. The monoisotopic (exact) mass is 404 g/mol. The highest BCUT2D eigenvalue weighted by atomic mass is 16.7. The van der Waals surface area contributed by atoms with Gasteiger partial charge in [0, 0.05) is 0 Å². The summed E-state index contributed by atoms with van der Waals surface area (Å²) in [5, 5.41) is 0. The Balaban J connectivity index is -0.00000113. The molecule has 28 heavy (non-hydrogen) atoms. The molecular formula is C23H52N2O3. The molecule has 0 heterocycles.